The lowest BCUT2D eigenvalue weighted by Crippen LogP contribution is -1.85. The van der Waals surface area contributed by atoms with Gasteiger partial charge in [-0.2, -0.15) is 0 Å². The van der Waals surface area contributed by atoms with Gasteiger partial charge in [0, 0.05) is 0 Å². The third-order valence-corrected chi connectivity index (χ3v) is 1.50. The smallest absolute Gasteiger partial charge is 0.126 e. The Morgan fingerprint density at radius 2 is 0.625 bits per heavy atom. The van der Waals surface area contributed by atoms with E-state index in [4.69, 9.17) is 0 Å². The summed E-state index contributed by atoms with van der Waals surface area (Å²) in [7, 11) is 0. The van der Waals surface area contributed by atoms with Crippen molar-refractivity contribution in [3.63, 3.8) is 0 Å². The van der Waals surface area contributed by atoms with Crippen molar-refractivity contribution < 1.29 is 9.59 Å². The van der Waals surface area contributed by atoms with Gasteiger partial charge >= 0.3 is 0 Å². The number of carbonyl (C=O) groups excluding carboxylic acids is 2. The molecule has 0 heterocycles. The molecule has 0 aromatic rings. The van der Waals surface area contributed by atoms with Gasteiger partial charge in [-0.05, 0) is 27.7 Å². The summed E-state index contributed by atoms with van der Waals surface area (Å²) in [6.07, 6.45) is 9.00. The molecule has 1 rings (SSSR count). The molecule has 1 fully saturated rings. The van der Waals surface area contributed by atoms with Gasteiger partial charge in [0.15, 0.2) is 0 Å². The standard InChI is InChI=1S/C6H12.2C3H6O.C2H6/c1-2-4-6-5-3-1;2*1-3(2)4;1-2/h1-6H2;2*1-2H3;1-2H3. The van der Waals surface area contributed by atoms with Crippen molar-refractivity contribution in [2.75, 3.05) is 0 Å². The van der Waals surface area contributed by atoms with Crippen LogP contribution >= 0.6 is 0 Å². The van der Waals surface area contributed by atoms with Crippen molar-refractivity contribution in [3.8, 4) is 0 Å². The van der Waals surface area contributed by atoms with E-state index >= 15 is 0 Å². The van der Waals surface area contributed by atoms with Crippen molar-refractivity contribution in [2.24, 2.45) is 0 Å². The van der Waals surface area contributed by atoms with Crippen molar-refractivity contribution in [1.82, 2.24) is 0 Å². The fraction of sp³-hybridized carbons (Fsp3) is 0.857. The van der Waals surface area contributed by atoms with Gasteiger partial charge in [0.05, 0.1) is 0 Å². The maximum absolute atomic E-state index is 9.44. The lowest BCUT2D eigenvalue weighted by molar-refractivity contribution is -0.115. The summed E-state index contributed by atoms with van der Waals surface area (Å²) in [5, 5.41) is 0. The van der Waals surface area contributed by atoms with E-state index in [0.717, 1.165) is 0 Å². The molecule has 0 aromatic carbocycles. The maximum Gasteiger partial charge on any atom is 0.126 e. The minimum Gasteiger partial charge on any atom is -0.300 e. The van der Waals surface area contributed by atoms with Gasteiger partial charge in [-0.3, -0.25) is 0 Å². The molecule has 0 amide bonds. The fourth-order valence-electron chi connectivity index (χ4n) is 1.06. The summed E-state index contributed by atoms with van der Waals surface area (Å²) in [6, 6.07) is 0. The molecular weight excluding hydrogens is 200 g/mol. The predicted molar refractivity (Wildman–Crippen MR) is 71.8 cm³/mol. The predicted octanol–water partition coefficient (Wildman–Crippen LogP) is 4.56. The van der Waals surface area contributed by atoms with Gasteiger partial charge in [-0.25, -0.2) is 0 Å². The van der Waals surface area contributed by atoms with Crippen LogP contribution in [0.4, 0.5) is 0 Å². The molecule has 0 spiro atoms. The summed E-state index contributed by atoms with van der Waals surface area (Å²) < 4.78 is 0. The van der Waals surface area contributed by atoms with Crippen LogP contribution in [0.2, 0.25) is 0 Å². The highest BCUT2D eigenvalue weighted by atomic mass is 16.1. The highest BCUT2D eigenvalue weighted by Gasteiger charge is 1.95. The molecule has 0 saturated heterocycles. The zero-order valence-corrected chi connectivity index (χ0v) is 12.1. The van der Waals surface area contributed by atoms with Gasteiger partial charge in [0.25, 0.3) is 0 Å². The van der Waals surface area contributed by atoms with Gasteiger partial charge in [0.2, 0.25) is 0 Å². The summed E-state index contributed by atoms with van der Waals surface area (Å²) in [5.41, 5.74) is 0. The second kappa shape index (κ2) is 19.8. The first-order valence-electron chi connectivity index (χ1n) is 6.41. The largest absolute Gasteiger partial charge is 0.300 e. The first kappa shape index (κ1) is 20.7. The molecule has 0 atom stereocenters. The van der Waals surface area contributed by atoms with Crippen molar-refractivity contribution in [2.45, 2.75) is 80.1 Å². The van der Waals surface area contributed by atoms with Crippen LogP contribution in [-0.2, 0) is 9.59 Å². The van der Waals surface area contributed by atoms with Crippen molar-refractivity contribution >= 4 is 11.6 Å². The topological polar surface area (TPSA) is 34.1 Å². The van der Waals surface area contributed by atoms with Crippen LogP contribution in [0.1, 0.15) is 80.1 Å². The maximum atomic E-state index is 9.44. The van der Waals surface area contributed by atoms with Crippen molar-refractivity contribution in [1.29, 1.82) is 0 Å². The number of Topliss-reactive ketones (excluding diaryl/α,β-unsaturated/α-hetero) is 2. The number of ketones is 2. The highest BCUT2D eigenvalue weighted by Crippen LogP contribution is 2.15. The van der Waals surface area contributed by atoms with E-state index in [0.29, 0.717) is 0 Å². The first-order chi connectivity index (χ1) is 7.46. The average Bonchev–Trinajstić information content (AvgIpc) is 2.22. The first-order valence-corrected chi connectivity index (χ1v) is 6.41. The Labute approximate surface area is 102 Å². The number of carbonyl (C=O) groups is 2. The Morgan fingerprint density at radius 3 is 0.688 bits per heavy atom. The number of hydrogen-bond donors (Lipinski definition) is 0. The summed E-state index contributed by atoms with van der Waals surface area (Å²) in [4.78, 5) is 18.9. The van der Waals surface area contributed by atoms with E-state index < -0.39 is 0 Å². The molecule has 0 N–H and O–H groups in total. The molecule has 1 saturated carbocycles. The van der Waals surface area contributed by atoms with Crippen molar-refractivity contribution in [3.05, 3.63) is 0 Å². The summed E-state index contributed by atoms with van der Waals surface area (Å²) >= 11 is 0. The minimum atomic E-state index is 0.167. The van der Waals surface area contributed by atoms with Crippen LogP contribution in [0.25, 0.3) is 0 Å². The van der Waals surface area contributed by atoms with Crippen LogP contribution in [0.15, 0.2) is 0 Å². The lowest BCUT2D eigenvalue weighted by Gasteiger charge is -2.05. The SMILES string of the molecule is C1CCCCC1.CC.CC(C)=O.CC(C)=O. The Bertz CT molecular complexity index is 115. The second-order valence-corrected chi connectivity index (χ2v) is 3.94. The van der Waals surface area contributed by atoms with Gasteiger partial charge < -0.3 is 9.59 Å². The van der Waals surface area contributed by atoms with E-state index in [-0.39, 0.29) is 11.6 Å². The molecule has 0 radical (unpaired) electrons. The lowest BCUT2D eigenvalue weighted by atomic mass is 10.0. The normalized spacial score (nSPS) is 12.6. The third-order valence-electron chi connectivity index (χ3n) is 1.50. The zero-order chi connectivity index (χ0) is 13.4. The molecule has 16 heavy (non-hydrogen) atoms. The highest BCUT2D eigenvalue weighted by molar-refractivity contribution is 5.72. The Morgan fingerprint density at radius 1 is 0.562 bits per heavy atom. The van der Waals surface area contributed by atoms with E-state index in [1.807, 2.05) is 13.8 Å². The molecule has 0 aliphatic heterocycles. The van der Waals surface area contributed by atoms with E-state index in [2.05, 4.69) is 0 Å². The van der Waals surface area contributed by atoms with E-state index in [1.54, 1.807) is 0 Å². The molecular formula is C14H30O2. The van der Waals surface area contributed by atoms with Crippen LogP contribution in [0.3, 0.4) is 0 Å². The molecule has 1 aliphatic carbocycles. The molecule has 98 valence electrons. The number of rotatable bonds is 0. The van der Waals surface area contributed by atoms with E-state index in [1.165, 1.54) is 66.2 Å². The molecule has 0 aromatic heterocycles. The summed E-state index contributed by atoms with van der Waals surface area (Å²) in [6.45, 7) is 10.1. The van der Waals surface area contributed by atoms with Crippen LogP contribution in [0.5, 0.6) is 0 Å². The van der Waals surface area contributed by atoms with Crippen LogP contribution in [-0.4, -0.2) is 11.6 Å². The Balaban J connectivity index is -0.000000152. The Hall–Kier alpha value is -0.660. The van der Waals surface area contributed by atoms with Gasteiger partial charge in [-0.15, -0.1) is 0 Å². The quantitative estimate of drug-likeness (QED) is 0.611. The average molecular weight is 230 g/mol. The van der Waals surface area contributed by atoms with E-state index in [9.17, 15) is 9.59 Å². The molecule has 2 nitrogen and oxygen atoms in total. The summed E-state index contributed by atoms with van der Waals surface area (Å²) in [5.74, 6) is 0.333. The third kappa shape index (κ3) is 71.2. The van der Waals surface area contributed by atoms with Crippen LogP contribution < -0.4 is 0 Å². The van der Waals surface area contributed by atoms with Gasteiger partial charge in [0.1, 0.15) is 11.6 Å². The Kier molecular flexibility index (Phi) is 25.7. The number of hydrogen-bond acceptors (Lipinski definition) is 2. The molecule has 0 unspecified atom stereocenters. The minimum absolute atomic E-state index is 0.167. The zero-order valence-electron chi connectivity index (χ0n) is 12.1. The molecule has 2 heteroatoms. The molecule has 0 bridgehead atoms. The van der Waals surface area contributed by atoms with Gasteiger partial charge in [-0.1, -0.05) is 52.4 Å². The monoisotopic (exact) mass is 230 g/mol. The fourth-order valence-corrected chi connectivity index (χ4v) is 1.06. The molecule has 1 aliphatic rings. The van der Waals surface area contributed by atoms with Crippen LogP contribution in [0, 0.1) is 0 Å². The second-order valence-electron chi connectivity index (χ2n) is 3.94.